The number of oxazole rings is 1. The van der Waals surface area contributed by atoms with Gasteiger partial charge < -0.3 is 9.52 Å². The Balaban J connectivity index is 1.98. The minimum atomic E-state index is -0.857. The van der Waals surface area contributed by atoms with Gasteiger partial charge in [-0.2, -0.15) is 0 Å². The summed E-state index contributed by atoms with van der Waals surface area (Å²) in [5.41, 5.74) is -0.112. The summed E-state index contributed by atoms with van der Waals surface area (Å²) in [7, 11) is 0. The van der Waals surface area contributed by atoms with Gasteiger partial charge in [0.25, 0.3) is 0 Å². The lowest BCUT2D eigenvalue weighted by Gasteiger charge is -2.03. The average molecular weight is 264 g/mol. The lowest BCUT2D eigenvalue weighted by atomic mass is 10.1. The first kappa shape index (κ1) is 11.3. The van der Waals surface area contributed by atoms with Gasteiger partial charge in [0.1, 0.15) is 11.2 Å². The number of carboxylic acids is 1. The molecule has 0 aliphatic heterocycles. The van der Waals surface area contributed by atoms with Crippen LogP contribution in [0.4, 0.5) is 0 Å². The van der Waals surface area contributed by atoms with Crippen LogP contribution < -0.4 is 0 Å². The van der Waals surface area contributed by atoms with Crippen molar-refractivity contribution in [2.75, 3.05) is 0 Å². The maximum absolute atomic E-state index is 11.2. The van der Waals surface area contributed by atoms with Crippen molar-refractivity contribution in [1.29, 1.82) is 0 Å². The molecule has 1 aromatic carbocycles. The molecule has 92 valence electrons. The molecule has 2 aromatic rings. The van der Waals surface area contributed by atoms with Crippen molar-refractivity contribution < 1.29 is 14.3 Å². The van der Waals surface area contributed by atoms with E-state index in [0.29, 0.717) is 29.5 Å². The van der Waals surface area contributed by atoms with Crippen LogP contribution in [0.5, 0.6) is 0 Å². The third-order valence-electron chi connectivity index (χ3n) is 3.21. The van der Waals surface area contributed by atoms with Gasteiger partial charge in [0, 0.05) is 10.6 Å². The molecular weight excluding hydrogens is 254 g/mol. The van der Waals surface area contributed by atoms with E-state index in [4.69, 9.17) is 16.0 Å². The van der Waals surface area contributed by atoms with E-state index in [2.05, 4.69) is 4.98 Å². The lowest BCUT2D eigenvalue weighted by molar-refractivity contribution is -0.140. The molecule has 0 spiro atoms. The van der Waals surface area contributed by atoms with E-state index in [1.807, 2.05) is 6.07 Å². The fourth-order valence-electron chi connectivity index (χ4n) is 1.94. The zero-order chi connectivity index (χ0) is 12.8. The SMILES string of the molecule is O=C(O)C1(c2cnc(-c3cccc(Cl)c3)o2)CC1. The third-order valence-corrected chi connectivity index (χ3v) is 3.44. The molecule has 3 rings (SSSR count). The number of hydrogen-bond acceptors (Lipinski definition) is 3. The minimum absolute atomic E-state index is 0.403. The predicted octanol–water partition coefficient (Wildman–Crippen LogP) is 3.11. The summed E-state index contributed by atoms with van der Waals surface area (Å²) in [5, 5.41) is 9.76. The van der Waals surface area contributed by atoms with Gasteiger partial charge in [-0.25, -0.2) is 4.98 Å². The third kappa shape index (κ3) is 1.69. The Labute approximate surface area is 108 Å². The molecule has 0 amide bonds. The van der Waals surface area contributed by atoms with E-state index in [1.54, 1.807) is 18.2 Å². The smallest absolute Gasteiger partial charge is 0.317 e. The Morgan fingerprint density at radius 2 is 2.22 bits per heavy atom. The Morgan fingerprint density at radius 3 is 2.83 bits per heavy atom. The monoisotopic (exact) mass is 263 g/mol. The zero-order valence-corrected chi connectivity index (χ0v) is 10.1. The number of aliphatic carboxylic acids is 1. The van der Waals surface area contributed by atoms with E-state index in [9.17, 15) is 9.90 Å². The average Bonchev–Trinajstić information content (AvgIpc) is 3.01. The van der Waals surface area contributed by atoms with Crippen LogP contribution in [0, 0.1) is 0 Å². The molecule has 0 radical (unpaired) electrons. The van der Waals surface area contributed by atoms with Gasteiger partial charge in [-0.1, -0.05) is 17.7 Å². The lowest BCUT2D eigenvalue weighted by Crippen LogP contribution is -2.18. The van der Waals surface area contributed by atoms with Gasteiger partial charge in [0.15, 0.2) is 0 Å². The molecule has 0 unspecified atom stereocenters. The van der Waals surface area contributed by atoms with Gasteiger partial charge in [0.05, 0.1) is 6.20 Å². The van der Waals surface area contributed by atoms with Crippen LogP contribution in [0.2, 0.25) is 5.02 Å². The highest BCUT2D eigenvalue weighted by Crippen LogP contribution is 2.49. The first-order valence-corrected chi connectivity index (χ1v) is 5.95. The Bertz CT molecular complexity index is 616. The molecule has 1 fully saturated rings. The molecule has 1 aliphatic rings. The summed E-state index contributed by atoms with van der Waals surface area (Å²) in [6.45, 7) is 0. The van der Waals surface area contributed by atoms with E-state index in [-0.39, 0.29) is 0 Å². The molecule has 0 bridgehead atoms. The van der Waals surface area contributed by atoms with Crippen LogP contribution in [0.25, 0.3) is 11.5 Å². The highest BCUT2D eigenvalue weighted by atomic mass is 35.5. The van der Waals surface area contributed by atoms with Crippen molar-refractivity contribution in [3.05, 3.63) is 41.2 Å². The number of nitrogens with zero attached hydrogens (tertiary/aromatic N) is 1. The molecular formula is C13H10ClNO3. The quantitative estimate of drug-likeness (QED) is 0.924. The molecule has 1 N–H and O–H groups in total. The normalized spacial score (nSPS) is 16.5. The number of rotatable bonds is 3. The standard InChI is InChI=1S/C13H10ClNO3/c14-9-3-1-2-8(6-9)11-15-7-10(18-11)13(4-5-13)12(16)17/h1-3,6-7H,4-5H2,(H,16,17). The fraction of sp³-hybridized carbons (Fsp3) is 0.231. The molecule has 1 aliphatic carbocycles. The fourth-order valence-corrected chi connectivity index (χ4v) is 2.13. The minimum Gasteiger partial charge on any atom is -0.480 e. The van der Waals surface area contributed by atoms with Crippen molar-refractivity contribution in [3.8, 4) is 11.5 Å². The predicted molar refractivity (Wildman–Crippen MR) is 65.5 cm³/mol. The van der Waals surface area contributed by atoms with Crippen molar-refractivity contribution in [3.63, 3.8) is 0 Å². The van der Waals surface area contributed by atoms with Gasteiger partial charge in [-0.15, -0.1) is 0 Å². The van der Waals surface area contributed by atoms with Crippen molar-refractivity contribution in [2.45, 2.75) is 18.3 Å². The van der Waals surface area contributed by atoms with Crippen LogP contribution in [-0.2, 0) is 10.2 Å². The molecule has 0 atom stereocenters. The van der Waals surface area contributed by atoms with Gasteiger partial charge in [-0.05, 0) is 31.0 Å². The largest absolute Gasteiger partial charge is 0.480 e. The van der Waals surface area contributed by atoms with E-state index in [1.165, 1.54) is 6.20 Å². The number of benzene rings is 1. The number of halogens is 1. The van der Waals surface area contributed by atoms with Gasteiger partial charge >= 0.3 is 5.97 Å². The Hall–Kier alpha value is -1.81. The first-order chi connectivity index (χ1) is 8.62. The summed E-state index contributed by atoms with van der Waals surface area (Å²) in [6, 6.07) is 7.11. The van der Waals surface area contributed by atoms with Crippen molar-refractivity contribution in [2.24, 2.45) is 0 Å². The van der Waals surface area contributed by atoms with Crippen LogP contribution in [0.15, 0.2) is 34.9 Å². The summed E-state index contributed by atoms with van der Waals surface area (Å²) in [6.07, 6.45) is 2.70. The second kappa shape index (κ2) is 3.85. The molecule has 4 nitrogen and oxygen atoms in total. The Kier molecular flexibility index (Phi) is 2.41. The molecule has 1 heterocycles. The van der Waals surface area contributed by atoms with Crippen molar-refractivity contribution >= 4 is 17.6 Å². The maximum atomic E-state index is 11.2. The number of carbonyl (C=O) groups is 1. The maximum Gasteiger partial charge on any atom is 0.317 e. The van der Waals surface area contributed by atoms with E-state index in [0.717, 1.165) is 5.56 Å². The van der Waals surface area contributed by atoms with Crippen molar-refractivity contribution in [1.82, 2.24) is 4.98 Å². The van der Waals surface area contributed by atoms with Gasteiger partial charge in [0.2, 0.25) is 5.89 Å². The van der Waals surface area contributed by atoms with Crippen LogP contribution in [0.1, 0.15) is 18.6 Å². The molecule has 18 heavy (non-hydrogen) atoms. The van der Waals surface area contributed by atoms with Crippen LogP contribution in [0.3, 0.4) is 0 Å². The number of carboxylic acid groups (broad SMARTS) is 1. The van der Waals surface area contributed by atoms with Gasteiger partial charge in [-0.3, -0.25) is 4.79 Å². The topological polar surface area (TPSA) is 63.3 Å². The zero-order valence-electron chi connectivity index (χ0n) is 9.39. The second-order valence-electron chi connectivity index (χ2n) is 4.43. The highest BCUT2D eigenvalue weighted by Gasteiger charge is 2.55. The molecule has 5 heteroatoms. The Morgan fingerprint density at radius 1 is 1.44 bits per heavy atom. The summed E-state index contributed by atoms with van der Waals surface area (Å²) in [5.74, 6) is -0.0266. The molecule has 0 saturated heterocycles. The van der Waals surface area contributed by atoms with Crippen LogP contribution in [-0.4, -0.2) is 16.1 Å². The first-order valence-electron chi connectivity index (χ1n) is 5.57. The summed E-state index contributed by atoms with van der Waals surface area (Å²) < 4.78 is 5.56. The van der Waals surface area contributed by atoms with E-state index < -0.39 is 11.4 Å². The summed E-state index contributed by atoms with van der Waals surface area (Å²) in [4.78, 5) is 15.3. The molecule has 1 aromatic heterocycles. The number of hydrogen-bond donors (Lipinski definition) is 1. The number of aromatic nitrogens is 1. The summed E-state index contributed by atoms with van der Waals surface area (Å²) >= 11 is 5.89. The molecule has 1 saturated carbocycles. The highest BCUT2D eigenvalue weighted by molar-refractivity contribution is 6.30. The van der Waals surface area contributed by atoms with Crippen LogP contribution >= 0.6 is 11.6 Å². The second-order valence-corrected chi connectivity index (χ2v) is 4.86. The van der Waals surface area contributed by atoms with E-state index >= 15 is 0 Å².